The van der Waals surface area contributed by atoms with Gasteiger partial charge in [0.2, 0.25) is 0 Å². The van der Waals surface area contributed by atoms with E-state index in [4.69, 9.17) is 0 Å². The SMILES string of the molecule is CN=C(NCc1ncnn1C)N1CCC(C)CC1.I. The molecule has 1 aromatic rings. The Bertz CT molecular complexity index is 408. The topological polar surface area (TPSA) is 58.3 Å². The van der Waals surface area contributed by atoms with Crippen molar-refractivity contribution >= 4 is 29.9 Å². The van der Waals surface area contributed by atoms with Crippen LogP contribution in [0.4, 0.5) is 0 Å². The maximum atomic E-state index is 4.34. The summed E-state index contributed by atoms with van der Waals surface area (Å²) in [7, 11) is 3.73. The zero-order valence-corrected chi connectivity index (χ0v) is 14.2. The van der Waals surface area contributed by atoms with Crippen LogP contribution in [0.1, 0.15) is 25.6 Å². The van der Waals surface area contributed by atoms with Gasteiger partial charge in [-0.05, 0) is 18.8 Å². The number of aliphatic imine (C=N–C) groups is 1. The van der Waals surface area contributed by atoms with Crippen LogP contribution in [0.5, 0.6) is 0 Å². The second-order valence-electron chi connectivity index (χ2n) is 4.87. The van der Waals surface area contributed by atoms with Crippen molar-refractivity contribution in [2.75, 3.05) is 20.1 Å². The zero-order chi connectivity index (χ0) is 13.0. The van der Waals surface area contributed by atoms with Crippen molar-refractivity contribution in [2.24, 2.45) is 18.0 Å². The van der Waals surface area contributed by atoms with Gasteiger partial charge in [0.05, 0.1) is 6.54 Å². The lowest BCUT2D eigenvalue weighted by atomic mass is 10.00. The van der Waals surface area contributed by atoms with Gasteiger partial charge in [0.15, 0.2) is 5.96 Å². The van der Waals surface area contributed by atoms with E-state index >= 15 is 0 Å². The molecule has 1 aliphatic heterocycles. The lowest BCUT2D eigenvalue weighted by Crippen LogP contribution is -2.45. The molecule has 0 amide bonds. The first-order valence-corrected chi connectivity index (χ1v) is 6.49. The fourth-order valence-corrected chi connectivity index (χ4v) is 2.19. The summed E-state index contributed by atoms with van der Waals surface area (Å²) < 4.78 is 1.78. The van der Waals surface area contributed by atoms with Crippen LogP contribution in [-0.2, 0) is 13.6 Å². The first kappa shape index (κ1) is 16.2. The van der Waals surface area contributed by atoms with Gasteiger partial charge in [-0.15, -0.1) is 24.0 Å². The normalized spacial score (nSPS) is 17.2. The van der Waals surface area contributed by atoms with Crippen molar-refractivity contribution in [3.05, 3.63) is 12.2 Å². The summed E-state index contributed by atoms with van der Waals surface area (Å²) in [6.45, 7) is 5.14. The van der Waals surface area contributed by atoms with Gasteiger partial charge in [0.1, 0.15) is 12.2 Å². The summed E-state index contributed by atoms with van der Waals surface area (Å²) in [4.78, 5) is 10.9. The third-order valence-corrected chi connectivity index (χ3v) is 3.50. The Labute approximate surface area is 131 Å². The molecule has 0 unspecified atom stereocenters. The lowest BCUT2D eigenvalue weighted by molar-refractivity contribution is 0.273. The highest BCUT2D eigenvalue weighted by Gasteiger charge is 2.18. The van der Waals surface area contributed by atoms with Gasteiger partial charge < -0.3 is 10.2 Å². The monoisotopic (exact) mass is 378 g/mol. The third-order valence-electron chi connectivity index (χ3n) is 3.50. The number of aryl methyl sites for hydroxylation is 1. The first-order valence-electron chi connectivity index (χ1n) is 6.49. The molecule has 0 atom stereocenters. The van der Waals surface area contributed by atoms with Gasteiger partial charge >= 0.3 is 0 Å². The predicted octanol–water partition coefficient (Wildman–Crippen LogP) is 1.24. The van der Waals surface area contributed by atoms with E-state index in [9.17, 15) is 0 Å². The molecule has 0 aliphatic carbocycles. The van der Waals surface area contributed by atoms with Gasteiger partial charge in [-0.3, -0.25) is 9.67 Å². The molecule has 1 N–H and O–H groups in total. The van der Waals surface area contributed by atoms with Crippen LogP contribution >= 0.6 is 24.0 Å². The summed E-state index contributed by atoms with van der Waals surface area (Å²) in [5.41, 5.74) is 0. The minimum atomic E-state index is 0. The molecule has 1 aliphatic rings. The molecule has 2 rings (SSSR count). The van der Waals surface area contributed by atoms with Crippen molar-refractivity contribution < 1.29 is 0 Å². The summed E-state index contributed by atoms with van der Waals surface area (Å²) in [5, 5.41) is 7.40. The highest BCUT2D eigenvalue weighted by atomic mass is 127. The van der Waals surface area contributed by atoms with Crippen molar-refractivity contribution in [1.29, 1.82) is 0 Å². The smallest absolute Gasteiger partial charge is 0.194 e. The number of aromatic nitrogens is 3. The van der Waals surface area contributed by atoms with Crippen LogP contribution in [0.3, 0.4) is 0 Å². The Hall–Kier alpha value is -0.860. The Morgan fingerprint density at radius 1 is 1.47 bits per heavy atom. The molecule has 6 nitrogen and oxygen atoms in total. The van der Waals surface area contributed by atoms with E-state index in [-0.39, 0.29) is 24.0 Å². The molecule has 1 saturated heterocycles. The van der Waals surface area contributed by atoms with Gasteiger partial charge in [0, 0.05) is 27.2 Å². The van der Waals surface area contributed by atoms with Crippen molar-refractivity contribution in [3.8, 4) is 0 Å². The maximum Gasteiger partial charge on any atom is 0.194 e. The minimum absolute atomic E-state index is 0. The van der Waals surface area contributed by atoms with Crippen LogP contribution in [0.25, 0.3) is 0 Å². The summed E-state index contributed by atoms with van der Waals surface area (Å²) in [6, 6.07) is 0. The second kappa shape index (κ2) is 7.66. The summed E-state index contributed by atoms with van der Waals surface area (Å²) in [6.07, 6.45) is 4.05. The van der Waals surface area contributed by atoms with Gasteiger partial charge in [-0.1, -0.05) is 6.92 Å². The quantitative estimate of drug-likeness (QED) is 0.478. The number of likely N-dealkylation sites (tertiary alicyclic amines) is 1. The number of nitrogens with one attached hydrogen (secondary N) is 1. The average molecular weight is 378 g/mol. The number of hydrogen-bond donors (Lipinski definition) is 1. The van der Waals surface area contributed by atoms with Crippen LogP contribution < -0.4 is 5.32 Å². The van der Waals surface area contributed by atoms with E-state index in [1.165, 1.54) is 12.8 Å². The number of piperidine rings is 1. The van der Waals surface area contributed by atoms with Crippen LogP contribution in [0.15, 0.2) is 11.3 Å². The van der Waals surface area contributed by atoms with Crippen LogP contribution in [0, 0.1) is 5.92 Å². The molecule has 0 spiro atoms. The summed E-state index contributed by atoms with van der Waals surface area (Å²) in [5.74, 6) is 2.71. The Kier molecular flexibility index (Phi) is 6.53. The molecule has 1 aromatic heterocycles. The van der Waals surface area contributed by atoms with Gasteiger partial charge in [-0.2, -0.15) is 5.10 Å². The largest absolute Gasteiger partial charge is 0.349 e. The number of guanidine groups is 1. The highest BCUT2D eigenvalue weighted by Crippen LogP contribution is 2.15. The van der Waals surface area contributed by atoms with Crippen LogP contribution in [-0.4, -0.2) is 45.8 Å². The standard InChI is InChI=1S/C12H22N6.HI/c1-10-4-6-18(7-5-10)12(13-2)14-8-11-15-9-16-17(11)3;/h9-10H,4-8H2,1-3H3,(H,13,14);1H. The molecule has 0 saturated carbocycles. The molecule has 0 radical (unpaired) electrons. The van der Waals surface area contributed by atoms with Crippen molar-refractivity contribution in [2.45, 2.75) is 26.3 Å². The Morgan fingerprint density at radius 2 is 2.16 bits per heavy atom. The van der Waals surface area contributed by atoms with Crippen molar-refractivity contribution in [1.82, 2.24) is 25.0 Å². The van der Waals surface area contributed by atoms with Crippen LogP contribution in [0.2, 0.25) is 0 Å². The average Bonchev–Trinajstić information content (AvgIpc) is 2.78. The van der Waals surface area contributed by atoms with Crippen molar-refractivity contribution in [3.63, 3.8) is 0 Å². The molecule has 0 aromatic carbocycles. The number of nitrogens with zero attached hydrogens (tertiary/aromatic N) is 5. The first-order chi connectivity index (χ1) is 8.70. The van der Waals surface area contributed by atoms with Gasteiger partial charge in [0.25, 0.3) is 0 Å². The fourth-order valence-electron chi connectivity index (χ4n) is 2.19. The molecule has 7 heteroatoms. The molecule has 0 bridgehead atoms. The minimum Gasteiger partial charge on any atom is -0.349 e. The van der Waals surface area contributed by atoms with Gasteiger partial charge in [-0.25, -0.2) is 4.98 Å². The van der Waals surface area contributed by atoms with E-state index < -0.39 is 0 Å². The summed E-state index contributed by atoms with van der Waals surface area (Å²) >= 11 is 0. The maximum absolute atomic E-state index is 4.34. The van der Waals surface area contributed by atoms with E-state index in [1.54, 1.807) is 11.0 Å². The van der Waals surface area contributed by atoms with E-state index in [0.717, 1.165) is 30.8 Å². The molecular weight excluding hydrogens is 355 g/mol. The zero-order valence-electron chi connectivity index (χ0n) is 11.8. The Morgan fingerprint density at radius 3 is 2.68 bits per heavy atom. The number of halogens is 1. The lowest BCUT2D eigenvalue weighted by Gasteiger charge is -2.32. The number of rotatable bonds is 2. The van der Waals surface area contributed by atoms with E-state index in [2.05, 4.69) is 32.2 Å². The van der Waals surface area contributed by atoms with E-state index in [1.807, 2.05) is 14.1 Å². The molecule has 19 heavy (non-hydrogen) atoms. The molecule has 108 valence electrons. The third kappa shape index (κ3) is 4.32. The molecule has 1 fully saturated rings. The second-order valence-corrected chi connectivity index (χ2v) is 4.87. The highest BCUT2D eigenvalue weighted by molar-refractivity contribution is 14.0. The molecule has 2 heterocycles. The molecular formula is C12H23IN6. The predicted molar refractivity (Wildman–Crippen MR) is 86.6 cm³/mol. The number of hydrogen-bond acceptors (Lipinski definition) is 3. The fraction of sp³-hybridized carbons (Fsp3) is 0.750. The Balaban J connectivity index is 0.00000180. The van der Waals surface area contributed by atoms with E-state index in [0.29, 0.717) is 6.54 Å².